The van der Waals surface area contributed by atoms with Crippen molar-refractivity contribution in [3.05, 3.63) is 29.8 Å². The van der Waals surface area contributed by atoms with Gasteiger partial charge in [0.25, 0.3) is 0 Å². The summed E-state index contributed by atoms with van der Waals surface area (Å²) in [6.07, 6.45) is 3.35. The number of fused-ring (bicyclic) bond motifs is 1. The lowest BCUT2D eigenvalue weighted by molar-refractivity contribution is 0.251. The third-order valence-corrected chi connectivity index (χ3v) is 5.32. The third-order valence-electron chi connectivity index (χ3n) is 4.76. The molecule has 0 bridgehead atoms. The molecule has 1 aliphatic heterocycles. The molecule has 1 unspecified atom stereocenters. The lowest BCUT2D eigenvalue weighted by Gasteiger charge is -2.32. The van der Waals surface area contributed by atoms with Crippen LogP contribution >= 0.6 is 11.6 Å². The minimum Gasteiger partial charge on any atom is -0.493 e. The summed E-state index contributed by atoms with van der Waals surface area (Å²) in [5.74, 6) is 2.35. The molecule has 1 aromatic carbocycles. The highest BCUT2D eigenvalue weighted by molar-refractivity contribution is 6.18. The van der Waals surface area contributed by atoms with Crippen LogP contribution in [-0.4, -0.2) is 25.6 Å². The van der Waals surface area contributed by atoms with Gasteiger partial charge in [0.15, 0.2) is 0 Å². The largest absolute Gasteiger partial charge is 0.493 e. The molecule has 3 heteroatoms. The maximum absolute atomic E-state index is 6.17. The lowest BCUT2D eigenvalue weighted by atomic mass is 9.84. The number of halogens is 1. The van der Waals surface area contributed by atoms with Gasteiger partial charge in [-0.2, -0.15) is 0 Å². The van der Waals surface area contributed by atoms with Crippen molar-refractivity contribution in [2.24, 2.45) is 5.41 Å². The van der Waals surface area contributed by atoms with Gasteiger partial charge in [0, 0.05) is 24.9 Å². The Morgan fingerprint density at radius 2 is 2.05 bits per heavy atom. The molecule has 0 aliphatic carbocycles. The summed E-state index contributed by atoms with van der Waals surface area (Å²) < 4.78 is 5.72. The summed E-state index contributed by atoms with van der Waals surface area (Å²) in [7, 11) is 0. The Morgan fingerprint density at radius 1 is 1.30 bits per heavy atom. The lowest BCUT2D eigenvalue weighted by Crippen LogP contribution is -2.37. The van der Waals surface area contributed by atoms with Crippen LogP contribution in [-0.2, 0) is 0 Å². The van der Waals surface area contributed by atoms with Crippen LogP contribution in [0, 0.1) is 5.41 Å². The molecular weight excluding hydrogens is 270 g/mol. The van der Waals surface area contributed by atoms with E-state index in [0.717, 1.165) is 50.6 Å². The van der Waals surface area contributed by atoms with Crippen molar-refractivity contribution < 1.29 is 4.74 Å². The van der Waals surface area contributed by atoms with Crippen molar-refractivity contribution in [2.75, 3.05) is 25.6 Å². The van der Waals surface area contributed by atoms with Gasteiger partial charge in [0.2, 0.25) is 0 Å². The zero-order valence-electron chi connectivity index (χ0n) is 12.6. The number of para-hydroxylation sites is 1. The van der Waals surface area contributed by atoms with E-state index in [1.807, 2.05) is 6.07 Å². The monoisotopic (exact) mass is 295 g/mol. The zero-order chi connectivity index (χ0) is 14.4. The molecule has 0 aromatic heterocycles. The molecule has 1 heterocycles. The first-order chi connectivity index (χ1) is 9.74. The van der Waals surface area contributed by atoms with E-state index in [-0.39, 0.29) is 5.41 Å². The van der Waals surface area contributed by atoms with E-state index in [0.29, 0.717) is 5.92 Å². The number of hydrogen-bond acceptors (Lipinski definition) is 2. The summed E-state index contributed by atoms with van der Waals surface area (Å²) in [5.41, 5.74) is 1.59. The molecule has 20 heavy (non-hydrogen) atoms. The van der Waals surface area contributed by atoms with E-state index < -0.39 is 0 Å². The Bertz CT molecular complexity index is 409. The quantitative estimate of drug-likeness (QED) is 0.762. The van der Waals surface area contributed by atoms with E-state index >= 15 is 0 Å². The number of benzene rings is 1. The predicted octanol–water partition coefficient (Wildman–Crippen LogP) is 4.19. The highest BCUT2D eigenvalue weighted by atomic mass is 35.5. The number of alkyl halides is 1. The second kappa shape index (κ2) is 7.33. The fraction of sp³-hybridized carbons (Fsp3) is 0.647. The number of nitrogens with one attached hydrogen (secondary N) is 1. The van der Waals surface area contributed by atoms with Gasteiger partial charge in [-0.1, -0.05) is 32.0 Å². The maximum Gasteiger partial charge on any atom is 0.122 e. The standard InChI is InChI=1S/C17H26ClNO/c1-3-17(4-2,12-18)13-19-11-14-9-10-20-16-8-6-5-7-15(14)16/h5-8,14,19H,3-4,9-13H2,1-2H3. The van der Waals surface area contributed by atoms with Crippen LogP contribution in [0.4, 0.5) is 0 Å². The van der Waals surface area contributed by atoms with E-state index in [2.05, 4.69) is 37.4 Å². The van der Waals surface area contributed by atoms with Gasteiger partial charge in [0.1, 0.15) is 5.75 Å². The molecule has 0 saturated heterocycles. The maximum atomic E-state index is 6.17. The van der Waals surface area contributed by atoms with Gasteiger partial charge in [-0.05, 0) is 36.3 Å². The molecule has 2 rings (SSSR count). The van der Waals surface area contributed by atoms with Gasteiger partial charge in [-0.3, -0.25) is 0 Å². The number of hydrogen-bond donors (Lipinski definition) is 1. The molecule has 0 fully saturated rings. The van der Waals surface area contributed by atoms with Crippen molar-refractivity contribution >= 4 is 11.6 Å². The Labute approximate surface area is 127 Å². The van der Waals surface area contributed by atoms with Crippen molar-refractivity contribution in [3.63, 3.8) is 0 Å². The normalized spacial score (nSPS) is 18.4. The van der Waals surface area contributed by atoms with Crippen molar-refractivity contribution in [2.45, 2.75) is 39.0 Å². The summed E-state index contributed by atoms with van der Waals surface area (Å²) in [6, 6.07) is 8.40. The van der Waals surface area contributed by atoms with Crippen molar-refractivity contribution in [3.8, 4) is 5.75 Å². The highest BCUT2D eigenvalue weighted by Crippen LogP contribution is 2.33. The molecule has 1 atom stereocenters. The van der Waals surface area contributed by atoms with Crippen LogP contribution in [0.3, 0.4) is 0 Å². The molecule has 1 N–H and O–H groups in total. The second-order valence-electron chi connectivity index (χ2n) is 5.84. The molecule has 0 radical (unpaired) electrons. The number of rotatable bonds is 7. The van der Waals surface area contributed by atoms with Gasteiger partial charge < -0.3 is 10.1 Å². The average Bonchev–Trinajstić information content (AvgIpc) is 2.52. The Hall–Kier alpha value is -0.730. The molecular formula is C17H26ClNO. The fourth-order valence-corrected chi connectivity index (χ4v) is 3.35. The molecule has 1 aromatic rings. The topological polar surface area (TPSA) is 21.3 Å². The van der Waals surface area contributed by atoms with Gasteiger partial charge in [-0.25, -0.2) is 0 Å². The van der Waals surface area contributed by atoms with E-state index in [1.54, 1.807) is 0 Å². The average molecular weight is 296 g/mol. The van der Waals surface area contributed by atoms with Crippen LogP contribution in [0.2, 0.25) is 0 Å². The second-order valence-corrected chi connectivity index (χ2v) is 6.11. The Kier molecular flexibility index (Phi) is 5.74. The van der Waals surface area contributed by atoms with Crippen LogP contribution < -0.4 is 10.1 Å². The molecule has 2 nitrogen and oxygen atoms in total. The Balaban J connectivity index is 1.92. The van der Waals surface area contributed by atoms with E-state index in [4.69, 9.17) is 16.3 Å². The Morgan fingerprint density at radius 3 is 2.75 bits per heavy atom. The minimum atomic E-state index is 0.242. The van der Waals surface area contributed by atoms with E-state index in [9.17, 15) is 0 Å². The van der Waals surface area contributed by atoms with Crippen LogP contribution in [0.25, 0.3) is 0 Å². The summed E-state index contributed by atoms with van der Waals surface area (Å²) in [6.45, 7) is 7.31. The molecule has 0 saturated carbocycles. The fourth-order valence-electron chi connectivity index (χ4n) is 2.88. The van der Waals surface area contributed by atoms with Gasteiger partial charge >= 0.3 is 0 Å². The summed E-state index contributed by atoms with van der Waals surface area (Å²) >= 11 is 6.17. The molecule has 1 aliphatic rings. The van der Waals surface area contributed by atoms with Crippen LogP contribution in [0.1, 0.15) is 44.6 Å². The van der Waals surface area contributed by atoms with Crippen molar-refractivity contribution in [1.82, 2.24) is 5.32 Å². The number of ether oxygens (including phenoxy) is 1. The predicted molar refractivity (Wildman–Crippen MR) is 85.9 cm³/mol. The van der Waals surface area contributed by atoms with Crippen LogP contribution in [0.15, 0.2) is 24.3 Å². The third kappa shape index (κ3) is 3.48. The SMILES string of the molecule is CCC(CC)(CCl)CNCC1CCOc2ccccc21. The van der Waals surface area contributed by atoms with E-state index in [1.165, 1.54) is 5.56 Å². The highest BCUT2D eigenvalue weighted by Gasteiger charge is 2.26. The summed E-state index contributed by atoms with van der Waals surface area (Å²) in [5, 5.41) is 3.65. The first-order valence-electron chi connectivity index (χ1n) is 7.73. The zero-order valence-corrected chi connectivity index (χ0v) is 13.4. The minimum absolute atomic E-state index is 0.242. The van der Waals surface area contributed by atoms with Crippen LogP contribution in [0.5, 0.6) is 5.75 Å². The first kappa shape index (κ1) is 15.7. The summed E-state index contributed by atoms with van der Waals surface area (Å²) in [4.78, 5) is 0. The molecule has 0 spiro atoms. The smallest absolute Gasteiger partial charge is 0.122 e. The first-order valence-corrected chi connectivity index (χ1v) is 8.26. The van der Waals surface area contributed by atoms with Gasteiger partial charge in [-0.15, -0.1) is 11.6 Å². The van der Waals surface area contributed by atoms with Crippen molar-refractivity contribution in [1.29, 1.82) is 0 Å². The molecule has 112 valence electrons. The van der Waals surface area contributed by atoms with Gasteiger partial charge in [0.05, 0.1) is 6.61 Å². The molecule has 0 amide bonds.